The van der Waals surface area contributed by atoms with Gasteiger partial charge in [-0.3, -0.25) is 4.79 Å². The molecule has 2 rings (SSSR count). The molecule has 0 aliphatic carbocycles. The highest BCUT2D eigenvalue weighted by Gasteiger charge is 2.33. The van der Waals surface area contributed by atoms with Crippen molar-refractivity contribution >= 4 is 18.1 Å². The molecule has 2 amide bonds. The van der Waals surface area contributed by atoms with Gasteiger partial charge in [-0.05, 0) is 39.3 Å². The number of hydrogen-bond acceptors (Lipinski definition) is 3. The van der Waals surface area contributed by atoms with Crippen molar-refractivity contribution in [3.8, 4) is 0 Å². The fourth-order valence-electron chi connectivity index (χ4n) is 2.77. The Kier molecular flexibility index (Phi) is 5.32. The molecule has 5 heteroatoms. The van der Waals surface area contributed by atoms with Gasteiger partial charge in [-0.15, -0.1) is 0 Å². The highest BCUT2D eigenvalue weighted by Crippen LogP contribution is 2.19. The van der Waals surface area contributed by atoms with E-state index in [0.717, 1.165) is 5.56 Å². The Morgan fingerprint density at radius 2 is 1.92 bits per heavy atom. The molecule has 1 fully saturated rings. The Morgan fingerprint density at radius 3 is 2.50 bits per heavy atom. The zero-order chi connectivity index (χ0) is 17.9. The molecule has 1 saturated heterocycles. The number of nitrogens with zero attached hydrogens (tertiary/aromatic N) is 2. The molecule has 0 aromatic heterocycles. The second-order valence-electron chi connectivity index (χ2n) is 7.07. The smallest absolute Gasteiger partial charge is 0.410 e. The summed E-state index contributed by atoms with van der Waals surface area (Å²) in [7, 11) is 0. The SMILES string of the molecule is C=Cc1ccccc1C(=O)N1CCN(C(=O)OC(C)(C)C)[C@@H](C)C1. The topological polar surface area (TPSA) is 49.9 Å². The monoisotopic (exact) mass is 330 g/mol. The van der Waals surface area contributed by atoms with Crippen molar-refractivity contribution in [3.63, 3.8) is 0 Å². The maximum Gasteiger partial charge on any atom is 0.410 e. The van der Waals surface area contributed by atoms with Gasteiger partial charge in [-0.25, -0.2) is 4.79 Å². The highest BCUT2D eigenvalue weighted by atomic mass is 16.6. The molecule has 1 heterocycles. The van der Waals surface area contributed by atoms with E-state index in [-0.39, 0.29) is 18.0 Å². The van der Waals surface area contributed by atoms with E-state index in [4.69, 9.17) is 4.74 Å². The van der Waals surface area contributed by atoms with Crippen LogP contribution in [-0.2, 0) is 4.74 Å². The average molecular weight is 330 g/mol. The number of hydrogen-bond donors (Lipinski definition) is 0. The minimum atomic E-state index is -0.521. The number of benzene rings is 1. The summed E-state index contributed by atoms with van der Waals surface area (Å²) in [6, 6.07) is 7.33. The average Bonchev–Trinajstić information content (AvgIpc) is 2.52. The number of ether oxygens (including phenoxy) is 1. The normalized spacial score (nSPS) is 18.2. The van der Waals surface area contributed by atoms with Crippen LogP contribution < -0.4 is 0 Å². The first-order chi connectivity index (χ1) is 11.2. The van der Waals surface area contributed by atoms with Crippen LogP contribution >= 0.6 is 0 Å². The Labute approximate surface area is 143 Å². The molecule has 1 aliphatic rings. The molecule has 1 atom stereocenters. The molecular weight excluding hydrogens is 304 g/mol. The van der Waals surface area contributed by atoms with Crippen molar-refractivity contribution in [3.05, 3.63) is 42.0 Å². The Hall–Kier alpha value is -2.30. The van der Waals surface area contributed by atoms with Crippen LogP contribution in [0.1, 0.15) is 43.6 Å². The van der Waals surface area contributed by atoms with Crippen molar-refractivity contribution in [2.24, 2.45) is 0 Å². The van der Waals surface area contributed by atoms with Gasteiger partial charge in [0, 0.05) is 31.2 Å². The van der Waals surface area contributed by atoms with Gasteiger partial charge in [0.25, 0.3) is 5.91 Å². The van der Waals surface area contributed by atoms with Crippen LogP contribution in [0.2, 0.25) is 0 Å². The van der Waals surface area contributed by atoms with Gasteiger partial charge in [0.05, 0.1) is 0 Å². The number of rotatable bonds is 2. The molecule has 24 heavy (non-hydrogen) atoms. The summed E-state index contributed by atoms with van der Waals surface area (Å²) >= 11 is 0. The third kappa shape index (κ3) is 4.16. The molecule has 1 aromatic rings. The molecular formula is C19H26N2O3. The predicted molar refractivity (Wildman–Crippen MR) is 94.8 cm³/mol. The summed E-state index contributed by atoms with van der Waals surface area (Å²) in [5.41, 5.74) is 0.947. The van der Waals surface area contributed by atoms with Gasteiger partial charge in [0.2, 0.25) is 0 Å². The van der Waals surface area contributed by atoms with Gasteiger partial charge >= 0.3 is 6.09 Å². The summed E-state index contributed by atoms with van der Waals surface area (Å²) in [6.45, 7) is 12.7. The summed E-state index contributed by atoms with van der Waals surface area (Å²) in [5, 5.41) is 0. The molecule has 130 valence electrons. The van der Waals surface area contributed by atoms with E-state index >= 15 is 0 Å². The number of piperazine rings is 1. The molecule has 1 aliphatic heterocycles. The summed E-state index contributed by atoms with van der Waals surface area (Å²) in [4.78, 5) is 28.5. The minimum Gasteiger partial charge on any atom is -0.444 e. The molecule has 0 unspecified atom stereocenters. The van der Waals surface area contributed by atoms with Gasteiger partial charge < -0.3 is 14.5 Å². The van der Waals surface area contributed by atoms with E-state index in [9.17, 15) is 9.59 Å². The van der Waals surface area contributed by atoms with Crippen LogP contribution in [0.15, 0.2) is 30.8 Å². The maximum absolute atomic E-state index is 12.8. The Bertz CT molecular complexity index is 634. The number of amides is 2. The molecule has 0 bridgehead atoms. The highest BCUT2D eigenvalue weighted by molar-refractivity contribution is 5.97. The fraction of sp³-hybridized carbons (Fsp3) is 0.474. The van der Waals surface area contributed by atoms with Crippen LogP contribution in [0.3, 0.4) is 0 Å². The Morgan fingerprint density at radius 1 is 1.25 bits per heavy atom. The lowest BCUT2D eigenvalue weighted by atomic mass is 10.1. The molecule has 0 radical (unpaired) electrons. The van der Waals surface area contributed by atoms with Gasteiger partial charge in [0.1, 0.15) is 5.60 Å². The number of carbonyl (C=O) groups excluding carboxylic acids is 2. The quantitative estimate of drug-likeness (QED) is 0.835. The van der Waals surface area contributed by atoms with E-state index in [1.165, 1.54) is 0 Å². The van der Waals surface area contributed by atoms with Crippen LogP contribution in [0.4, 0.5) is 4.79 Å². The summed E-state index contributed by atoms with van der Waals surface area (Å²) < 4.78 is 5.43. The van der Waals surface area contributed by atoms with E-state index in [0.29, 0.717) is 25.2 Å². The summed E-state index contributed by atoms with van der Waals surface area (Å²) in [6.07, 6.45) is 1.36. The van der Waals surface area contributed by atoms with Crippen LogP contribution in [-0.4, -0.2) is 53.1 Å². The second-order valence-corrected chi connectivity index (χ2v) is 7.07. The van der Waals surface area contributed by atoms with Gasteiger partial charge in [-0.2, -0.15) is 0 Å². The molecule has 1 aromatic carbocycles. The zero-order valence-electron chi connectivity index (χ0n) is 14.9. The molecule has 5 nitrogen and oxygen atoms in total. The second kappa shape index (κ2) is 7.07. The van der Waals surface area contributed by atoms with Crippen LogP contribution in [0.5, 0.6) is 0 Å². The number of carbonyl (C=O) groups is 2. The van der Waals surface area contributed by atoms with Crippen molar-refractivity contribution in [2.75, 3.05) is 19.6 Å². The van der Waals surface area contributed by atoms with Gasteiger partial charge in [-0.1, -0.05) is 30.9 Å². The first-order valence-corrected chi connectivity index (χ1v) is 8.23. The molecule has 0 spiro atoms. The van der Waals surface area contributed by atoms with E-state index < -0.39 is 5.60 Å². The van der Waals surface area contributed by atoms with Gasteiger partial charge in [0.15, 0.2) is 0 Å². The lowest BCUT2D eigenvalue weighted by Gasteiger charge is -2.40. The third-order valence-corrected chi connectivity index (χ3v) is 3.95. The van der Waals surface area contributed by atoms with Crippen molar-refractivity contribution in [1.29, 1.82) is 0 Å². The van der Waals surface area contributed by atoms with Crippen LogP contribution in [0, 0.1) is 0 Å². The fourth-order valence-corrected chi connectivity index (χ4v) is 2.77. The first kappa shape index (κ1) is 18.0. The van der Waals surface area contributed by atoms with E-state index in [2.05, 4.69) is 6.58 Å². The molecule has 0 saturated carbocycles. The minimum absolute atomic E-state index is 0.0267. The Balaban J connectivity index is 2.06. The van der Waals surface area contributed by atoms with Crippen LogP contribution in [0.25, 0.3) is 6.08 Å². The largest absolute Gasteiger partial charge is 0.444 e. The van der Waals surface area contributed by atoms with Crippen molar-refractivity contribution in [2.45, 2.75) is 39.3 Å². The van der Waals surface area contributed by atoms with E-state index in [1.54, 1.807) is 15.9 Å². The van der Waals surface area contributed by atoms with E-state index in [1.807, 2.05) is 52.0 Å². The lowest BCUT2D eigenvalue weighted by Crippen LogP contribution is -2.56. The molecule has 0 N–H and O–H groups in total. The van der Waals surface area contributed by atoms with Crippen molar-refractivity contribution < 1.29 is 14.3 Å². The predicted octanol–water partition coefficient (Wildman–Crippen LogP) is 3.41. The maximum atomic E-state index is 12.8. The lowest BCUT2D eigenvalue weighted by molar-refractivity contribution is 0.00198. The third-order valence-electron chi connectivity index (χ3n) is 3.95. The van der Waals surface area contributed by atoms with Crippen molar-refractivity contribution in [1.82, 2.24) is 9.80 Å². The standard InChI is InChI=1S/C19H26N2O3/c1-6-15-9-7-8-10-16(15)17(22)20-11-12-21(14(2)13-20)18(23)24-19(3,4)5/h6-10,14H,1,11-13H2,2-5H3/t14-/m0/s1. The first-order valence-electron chi connectivity index (χ1n) is 8.23. The summed E-state index contributed by atoms with van der Waals surface area (Å²) in [5.74, 6) is -0.0267. The zero-order valence-corrected chi connectivity index (χ0v) is 14.9.